The van der Waals surface area contributed by atoms with Crippen LogP contribution < -0.4 is 16.7 Å². The summed E-state index contributed by atoms with van der Waals surface area (Å²) in [6.45, 7) is 0.250. The normalized spacial score (nSPS) is 22.5. The summed E-state index contributed by atoms with van der Waals surface area (Å²) in [5.74, 6) is 5.78. The molecule has 10 heteroatoms. The van der Waals surface area contributed by atoms with Crippen LogP contribution >= 0.6 is 11.6 Å². The van der Waals surface area contributed by atoms with Gasteiger partial charge in [0.05, 0.1) is 18.3 Å². The number of aromatic nitrogens is 3. The van der Waals surface area contributed by atoms with Crippen molar-refractivity contribution >= 4 is 17.7 Å². The Morgan fingerprint density at radius 1 is 1.31 bits per heavy atom. The number of allylic oxidation sites excluding steroid dienone is 6. The molecule has 3 aliphatic carbocycles. The number of quaternary nitrogens is 1. The first kappa shape index (κ1) is 25.9. The van der Waals surface area contributed by atoms with E-state index in [1.165, 1.54) is 10.3 Å². The Kier molecular flexibility index (Phi) is 9.04. The molecule has 35 heavy (non-hydrogen) atoms. The quantitative estimate of drug-likeness (QED) is 0.471. The minimum atomic E-state index is -0.536. The first-order valence-corrected chi connectivity index (χ1v) is 12.7. The number of fused-ring (bicyclic) bond motifs is 1. The Labute approximate surface area is 210 Å². The average molecular weight is 504 g/mol. The van der Waals surface area contributed by atoms with Gasteiger partial charge in [0.25, 0.3) is 5.56 Å². The molecule has 0 aliphatic heterocycles. The maximum atomic E-state index is 12.8. The third kappa shape index (κ3) is 6.35. The lowest BCUT2D eigenvalue weighted by atomic mass is 9.81. The summed E-state index contributed by atoms with van der Waals surface area (Å²) in [4.78, 5) is 17.4. The zero-order chi connectivity index (χ0) is 24.8. The Morgan fingerprint density at radius 3 is 2.86 bits per heavy atom. The van der Waals surface area contributed by atoms with E-state index in [0.29, 0.717) is 36.4 Å². The van der Waals surface area contributed by atoms with Gasteiger partial charge in [0.1, 0.15) is 6.04 Å². The Hall–Kier alpha value is -2.14. The van der Waals surface area contributed by atoms with Gasteiger partial charge in [-0.1, -0.05) is 46.7 Å². The number of aryl methyl sites for hydroxylation is 1. The molecule has 0 saturated carbocycles. The fourth-order valence-corrected chi connectivity index (χ4v) is 5.39. The number of nitrogens with zero attached hydrogens (tertiary/aromatic N) is 3. The first-order chi connectivity index (χ1) is 17.0. The number of halogens is 1. The van der Waals surface area contributed by atoms with Crippen molar-refractivity contribution in [3.63, 3.8) is 0 Å². The number of nitrogens with one attached hydrogen (secondary N) is 1. The molecule has 0 radical (unpaired) electrons. The predicted molar refractivity (Wildman–Crippen MR) is 134 cm³/mol. The van der Waals surface area contributed by atoms with Crippen molar-refractivity contribution in [2.24, 2.45) is 11.8 Å². The van der Waals surface area contributed by atoms with Gasteiger partial charge in [-0.2, -0.15) is 5.90 Å². The van der Waals surface area contributed by atoms with Crippen molar-refractivity contribution in [3.05, 3.63) is 67.3 Å². The van der Waals surface area contributed by atoms with E-state index >= 15 is 0 Å². The van der Waals surface area contributed by atoms with Gasteiger partial charge in [-0.3, -0.25) is 4.79 Å². The van der Waals surface area contributed by atoms with E-state index in [4.69, 9.17) is 22.2 Å². The molecule has 9 nitrogen and oxygen atoms in total. The summed E-state index contributed by atoms with van der Waals surface area (Å²) in [7, 11) is 1.65. The van der Waals surface area contributed by atoms with Crippen LogP contribution in [-0.4, -0.2) is 34.2 Å². The number of hydroxylamine groups is 2. The van der Waals surface area contributed by atoms with Crippen LogP contribution in [0.2, 0.25) is 0 Å². The standard InChI is InChI=1S/C25H34ClN5O4/c1-34-24(19-8-6-17(7-9-19)18-10-12-20(26)13-11-18)16-21(31(33)35-27)14-15-30-25(32)22-4-2-3-5-23(22)28-29-30/h3,5-6,8,12,18,21,24,31H,2,4,7,9-11,13-16,27H2,1H3. The van der Waals surface area contributed by atoms with Crippen LogP contribution in [-0.2, 0) is 22.6 Å². The van der Waals surface area contributed by atoms with Gasteiger partial charge in [-0.15, -0.1) is 10.0 Å². The van der Waals surface area contributed by atoms with Crippen molar-refractivity contribution in [2.45, 2.75) is 76.5 Å². The van der Waals surface area contributed by atoms with Crippen molar-refractivity contribution < 1.29 is 14.9 Å². The summed E-state index contributed by atoms with van der Waals surface area (Å²) >= 11 is 6.13. The van der Waals surface area contributed by atoms with Gasteiger partial charge in [0.15, 0.2) is 0 Å². The van der Waals surface area contributed by atoms with Crippen molar-refractivity contribution in [1.29, 1.82) is 0 Å². The highest BCUT2D eigenvalue weighted by Crippen LogP contribution is 2.36. The van der Waals surface area contributed by atoms with Crippen LogP contribution in [0.3, 0.4) is 0 Å². The summed E-state index contributed by atoms with van der Waals surface area (Å²) in [6, 6.07) is -0.536. The van der Waals surface area contributed by atoms with Crippen LogP contribution in [0.25, 0.3) is 6.08 Å². The van der Waals surface area contributed by atoms with Gasteiger partial charge in [-0.25, -0.2) is 9.91 Å². The second kappa shape index (κ2) is 12.2. The lowest BCUT2D eigenvalue weighted by Crippen LogP contribution is -3.11. The van der Waals surface area contributed by atoms with E-state index in [1.54, 1.807) is 7.11 Å². The molecule has 4 rings (SSSR count). The molecule has 0 spiro atoms. The Bertz CT molecular complexity index is 1080. The van der Waals surface area contributed by atoms with Crippen LogP contribution in [0.5, 0.6) is 0 Å². The molecule has 190 valence electrons. The highest BCUT2D eigenvalue weighted by Gasteiger charge is 2.28. The Morgan fingerprint density at radius 2 is 2.17 bits per heavy atom. The molecule has 0 bridgehead atoms. The largest absolute Gasteiger partial charge is 0.598 e. The molecule has 4 atom stereocenters. The van der Waals surface area contributed by atoms with E-state index in [1.807, 2.05) is 12.2 Å². The third-order valence-corrected chi connectivity index (χ3v) is 7.67. The molecular weight excluding hydrogens is 470 g/mol. The lowest BCUT2D eigenvalue weighted by molar-refractivity contribution is -1.07. The van der Waals surface area contributed by atoms with Gasteiger partial charge in [0, 0.05) is 30.5 Å². The first-order valence-electron chi connectivity index (χ1n) is 12.3. The highest BCUT2D eigenvalue weighted by molar-refractivity contribution is 6.29. The minimum absolute atomic E-state index is 0.158. The van der Waals surface area contributed by atoms with Gasteiger partial charge < -0.3 is 9.94 Å². The van der Waals surface area contributed by atoms with Crippen molar-refractivity contribution in [1.82, 2.24) is 15.0 Å². The molecule has 1 aromatic heterocycles. The van der Waals surface area contributed by atoms with Crippen LogP contribution in [0, 0.1) is 11.1 Å². The molecule has 3 aliphatic rings. The van der Waals surface area contributed by atoms with Crippen molar-refractivity contribution in [3.8, 4) is 0 Å². The maximum absolute atomic E-state index is 12.8. The number of methoxy groups -OCH3 is 1. The summed E-state index contributed by atoms with van der Waals surface area (Å²) < 4.78 is 7.11. The van der Waals surface area contributed by atoms with Gasteiger partial charge >= 0.3 is 0 Å². The second-order valence-corrected chi connectivity index (χ2v) is 9.90. The van der Waals surface area contributed by atoms with E-state index in [-0.39, 0.29) is 18.2 Å². The molecule has 0 aromatic carbocycles. The SMILES string of the molecule is COC(CC(CCn1nnc2c(c1=O)CCC=C2)[NH+]([O-])ON)C1=CC=C(C2CC=C(Cl)CC2)CC1. The Balaban J connectivity index is 1.42. The molecule has 1 heterocycles. The molecule has 0 saturated heterocycles. The molecule has 0 fully saturated rings. The lowest BCUT2D eigenvalue weighted by Gasteiger charge is -2.31. The zero-order valence-corrected chi connectivity index (χ0v) is 20.9. The fourth-order valence-electron chi connectivity index (χ4n) is 5.19. The second-order valence-electron chi connectivity index (χ2n) is 9.41. The topological polar surface area (TPSA) is 120 Å². The number of rotatable bonds is 10. The van der Waals surface area contributed by atoms with E-state index in [9.17, 15) is 10.0 Å². The van der Waals surface area contributed by atoms with E-state index in [2.05, 4.69) is 33.5 Å². The third-order valence-electron chi connectivity index (χ3n) is 7.33. The van der Waals surface area contributed by atoms with E-state index in [0.717, 1.165) is 49.1 Å². The van der Waals surface area contributed by atoms with Crippen LogP contribution in [0.1, 0.15) is 62.6 Å². The van der Waals surface area contributed by atoms with E-state index < -0.39 is 11.3 Å². The van der Waals surface area contributed by atoms with Crippen LogP contribution in [0.15, 0.2) is 45.3 Å². The highest BCUT2D eigenvalue weighted by atomic mass is 35.5. The molecule has 3 N–H and O–H groups in total. The predicted octanol–water partition coefficient (Wildman–Crippen LogP) is 2.52. The average Bonchev–Trinajstić information content (AvgIpc) is 2.90. The summed E-state index contributed by atoms with van der Waals surface area (Å²) in [5, 5.41) is 21.1. The minimum Gasteiger partial charge on any atom is -0.598 e. The number of hydrogen-bond acceptors (Lipinski definition) is 7. The number of ether oxygens (including phenoxy) is 1. The van der Waals surface area contributed by atoms with Gasteiger partial charge in [-0.05, 0) is 62.5 Å². The summed E-state index contributed by atoms with van der Waals surface area (Å²) in [6.07, 6.45) is 17.1. The van der Waals surface area contributed by atoms with Crippen LogP contribution in [0.4, 0.5) is 0 Å². The maximum Gasteiger partial charge on any atom is 0.273 e. The molecular formula is C25H34ClN5O4. The molecule has 0 amide bonds. The monoisotopic (exact) mass is 503 g/mol. The van der Waals surface area contributed by atoms with Crippen molar-refractivity contribution in [2.75, 3.05) is 7.11 Å². The number of nitrogens with two attached hydrogens (primary N) is 1. The summed E-state index contributed by atoms with van der Waals surface area (Å²) in [5.41, 5.74) is 3.73. The molecule has 1 aromatic rings. The van der Waals surface area contributed by atoms with Gasteiger partial charge in [0.2, 0.25) is 0 Å². The fraction of sp³-hybridized carbons (Fsp3) is 0.560. The number of hydrogen-bond donors (Lipinski definition) is 2. The molecule has 4 unspecified atom stereocenters. The smallest absolute Gasteiger partial charge is 0.273 e. The zero-order valence-electron chi connectivity index (χ0n) is 20.1.